The number of piperazine rings is 1. The smallest absolute Gasteiger partial charge is 0.137 e. The van der Waals surface area contributed by atoms with Gasteiger partial charge in [0.1, 0.15) is 11.6 Å². The predicted octanol–water partition coefficient (Wildman–Crippen LogP) is 4.55. The summed E-state index contributed by atoms with van der Waals surface area (Å²) in [5.41, 5.74) is 4.11. The number of aromatic nitrogens is 2. The summed E-state index contributed by atoms with van der Waals surface area (Å²) in [7, 11) is 0. The van der Waals surface area contributed by atoms with E-state index in [1.807, 2.05) is 24.5 Å². The van der Waals surface area contributed by atoms with Crippen molar-refractivity contribution < 1.29 is 4.39 Å². The van der Waals surface area contributed by atoms with E-state index in [0.717, 1.165) is 68.3 Å². The highest BCUT2D eigenvalue weighted by Crippen LogP contribution is 2.30. The summed E-state index contributed by atoms with van der Waals surface area (Å²) in [5.74, 6) is 0.780. The summed E-state index contributed by atoms with van der Waals surface area (Å²) < 4.78 is 13.5. The third-order valence-corrected chi connectivity index (χ3v) is 6.92. The Hall–Kier alpha value is -3.03. The summed E-state index contributed by atoms with van der Waals surface area (Å²) in [6.07, 6.45) is 5.82. The van der Waals surface area contributed by atoms with E-state index >= 15 is 0 Å². The molecule has 6 nitrogen and oxygen atoms in total. The van der Waals surface area contributed by atoms with Crippen LogP contribution in [0.25, 0.3) is 11.3 Å². The van der Waals surface area contributed by atoms with Crippen molar-refractivity contribution in [3.8, 4) is 11.3 Å². The Morgan fingerprint density at radius 2 is 1.80 bits per heavy atom. The number of hydrogen-bond donors (Lipinski definition) is 2. The molecule has 2 aromatic heterocycles. The number of nitrogens with one attached hydrogen (secondary N) is 2. The van der Waals surface area contributed by atoms with Crippen LogP contribution in [0.4, 0.5) is 15.9 Å². The number of hydrogen-bond acceptors (Lipinski definition) is 6. The van der Waals surface area contributed by atoms with Crippen molar-refractivity contribution in [3.05, 3.63) is 72.3 Å². The van der Waals surface area contributed by atoms with Crippen molar-refractivity contribution in [3.63, 3.8) is 0 Å². The molecule has 0 spiro atoms. The summed E-state index contributed by atoms with van der Waals surface area (Å²) in [5, 5.41) is 7.07. The van der Waals surface area contributed by atoms with Gasteiger partial charge < -0.3 is 15.5 Å². The predicted molar refractivity (Wildman–Crippen MR) is 140 cm³/mol. The van der Waals surface area contributed by atoms with Gasteiger partial charge in [-0.15, -0.1) is 0 Å². The lowest BCUT2D eigenvalue weighted by atomic mass is 10.0. The Balaban J connectivity index is 1.23. The van der Waals surface area contributed by atoms with E-state index in [4.69, 9.17) is 9.97 Å². The molecular formula is C28H35FN6. The van der Waals surface area contributed by atoms with Gasteiger partial charge in [0.05, 0.1) is 5.69 Å². The Bertz CT molecular complexity index is 1100. The summed E-state index contributed by atoms with van der Waals surface area (Å²) in [6.45, 7) is 9.33. The van der Waals surface area contributed by atoms with Crippen LogP contribution in [0, 0.1) is 5.82 Å². The van der Waals surface area contributed by atoms with Gasteiger partial charge in [0.25, 0.3) is 0 Å². The van der Waals surface area contributed by atoms with Gasteiger partial charge in [-0.2, -0.15) is 0 Å². The second kappa shape index (κ2) is 10.7. The number of benzene rings is 1. The van der Waals surface area contributed by atoms with Crippen LogP contribution in [0.15, 0.2) is 60.9 Å². The van der Waals surface area contributed by atoms with Gasteiger partial charge >= 0.3 is 0 Å². The minimum Gasteiger partial charge on any atom is -0.382 e. The van der Waals surface area contributed by atoms with Crippen LogP contribution in [-0.2, 0) is 6.54 Å². The fourth-order valence-electron chi connectivity index (χ4n) is 5.40. The van der Waals surface area contributed by atoms with Crippen molar-refractivity contribution in [2.75, 3.05) is 36.4 Å². The minimum absolute atomic E-state index is 0.207. The Labute approximate surface area is 207 Å². The molecule has 2 atom stereocenters. The maximum atomic E-state index is 13.5. The Kier molecular flexibility index (Phi) is 7.25. The summed E-state index contributed by atoms with van der Waals surface area (Å²) >= 11 is 0. The number of piperidine rings is 1. The third-order valence-electron chi connectivity index (χ3n) is 6.92. The zero-order valence-electron chi connectivity index (χ0n) is 20.6. The van der Waals surface area contributed by atoms with E-state index in [0.29, 0.717) is 18.1 Å². The zero-order chi connectivity index (χ0) is 24.2. The van der Waals surface area contributed by atoms with Crippen molar-refractivity contribution in [2.45, 2.75) is 51.4 Å². The molecule has 5 rings (SSSR count). The molecule has 7 heteroatoms. The molecule has 2 aliphatic rings. The third kappa shape index (κ3) is 5.97. The van der Waals surface area contributed by atoms with Gasteiger partial charge in [0.2, 0.25) is 0 Å². The quantitative estimate of drug-likeness (QED) is 0.547. The molecule has 4 heterocycles. The lowest BCUT2D eigenvalue weighted by Gasteiger charge is -2.36. The lowest BCUT2D eigenvalue weighted by Crippen LogP contribution is -2.53. The van der Waals surface area contributed by atoms with E-state index < -0.39 is 0 Å². The molecule has 2 fully saturated rings. The maximum Gasteiger partial charge on any atom is 0.137 e. The largest absolute Gasteiger partial charge is 0.382 e. The minimum atomic E-state index is -0.207. The zero-order valence-corrected chi connectivity index (χ0v) is 20.6. The van der Waals surface area contributed by atoms with Gasteiger partial charge in [-0.25, -0.2) is 9.37 Å². The number of halogens is 1. The maximum absolute atomic E-state index is 13.5. The van der Waals surface area contributed by atoms with E-state index in [1.54, 1.807) is 12.1 Å². The molecule has 0 bridgehead atoms. The first kappa shape index (κ1) is 23.7. The highest BCUT2D eigenvalue weighted by Gasteiger charge is 2.23. The van der Waals surface area contributed by atoms with Crippen molar-refractivity contribution in [1.29, 1.82) is 0 Å². The molecule has 0 unspecified atom stereocenters. The van der Waals surface area contributed by atoms with E-state index in [-0.39, 0.29) is 5.82 Å². The molecule has 2 saturated heterocycles. The number of rotatable bonds is 6. The van der Waals surface area contributed by atoms with Gasteiger partial charge in [0, 0.05) is 74.5 Å². The van der Waals surface area contributed by atoms with E-state index in [9.17, 15) is 4.39 Å². The fourth-order valence-corrected chi connectivity index (χ4v) is 5.40. The van der Waals surface area contributed by atoms with Gasteiger partial charge in [-0.1, -0.05) is 12.1 Å². The van der Waals surface area contributed by atoms with Gasteiger partial charge in [0.15, 0.2) is 0 Å². The van der Waals surface area contributed by atoms with Gasteiger partial charge in [-0.3, -0.25) is 9.88 Å². The Morgan fingerprint density at radius 1 is 1.00 bits per heavy atom. The molecule has 1 aromatic carbocycles. The first-order valence-corrected chi connectivity index (χ1v) is 12.7. The number of anilines is 2. The first-order chi connectivity index (χ1) is 17.0. The topological polar surface area (TPSA) is 56.3 Å². The SMILES string of the molecule is C[C@@H]1CN(Cc2ccc(-c3cccnc3N3CCC(Nc4cccc(F)c4)CC3)nc2)C[C@H](C)N1. The van der Waals surface area contributed by atoms with Crippen LogP contribution in [-0.4, -0.2) is 59.2 Å². The lowest BCUT2D eigenvalue weighted by molar-refractivity contribution is 0.166. The molecule has 35 heavy (non-hydrogen) atoms. The standard InChI is InChI=1S/C28H35FN6/c1-20-17-34(18-21(2)32-20)19-22-8-9-27(31-16-22)26-7-4-12-30-28(26)35-13-10-24(11-14-35)33-25-6-3-5-23(29)15-25/h3-9,12,15-16,20-21,24,32-33H,10-11,13-14,17-19H2,1-2H3/t20-,21+. The van der Waals surface area contributed by atoms with E-state index in [2.05, 4.69) is 52.5 Å². The molecule has 3 aromatic rings. The van der Waals surface area contributed by atoms with Crippen molar-refractivity contribution in [2.24, 2.45) is 0 Å². The van der Waals surface area contributed by atoms with E-state index in [1.165, 1.54) is 11.6 Å². The molecule has 2 aliphatic heterocycles. The molecular weight excluding hydrogens is 439 g/mol. The van der Waals surface area contributed by atoms with Crippen molar-refractivity contribution in [1.82, 2.24) is 20.2 Å². The van der Waals surface area contributed by atoms with Crippen LogP contribution < -0.4 is 15.5 Å². The molecule has 0 saturated carbocycles. The second-order valence-corrected chi connectivity index (χ2v) is 10.0. The molecule has 0 amide bonds. The first-order valence-electron chi connectivity index (χ1n) is 12.7. The van der Waals surface area contributed by atoms with Crippen LogP contribution in [0.2, 0.25) is 0 Å². The highest BCUT2D eigenvalue weighted by molar-refractivity contribution is 5.73. The number of pyridine rings is 2. The summed E-state index contributed by atoms with van der Waals surface area (Å²) in [4.78, 5) is 14.4. The molecule has 184 valence electrons. The highest BCUT2D eigenvalue weighted by atomic mass is 19.1. The van der Waals surface area contributed by atoms with Crippen molar-refractivity contribution >= 4 is 11.5 Å². The molecule has 0 aliphatic carbocycles. The monoisotopic (exact) mass is 474 g/mol. The van der Waals surface area contributed by atoms with Crippen LogP contribution >= 0.6 is 0 Å². The number of nitrogens with zero attached hydrogens (tertiary/aromatic N) is 4. The Morgan fingerprint density at radius 3 is 2.51 bits per heavy atom. The van der Waals surface area contributed by atoms with Crippen LogP contribution in [0.3, 0.4) is 0 Å². The molecule has 0 radical (unpaired) electrons. The second-order valence-electron chi connectivity index (χ2n) is 10.0. The van der Waals surface area contributed by atoms with Crippen LogP contribution in [0.1, 0.15) is 32.3 Å². The molecule has 2 N–H and O–H groups in total. The normalized spacial score (nSPS) is 21.7. The average molecular weight is 475 g/mol. The average Bonchev–Trinajstić information content (AvgIpc) is 2.85. The summed E-state index contributed by atoms with van der Waals surface area (Å²) in [6, 6.07) is 16.5. The fraction of sp³-hybridized carbons (Fsp3) is 0.429. The van der Waals surface area contributed by atoms with Crippen LogP contribution in [0.5, 0.6) is 0 Å². The van der Waals surface area contributed by atoms with Gasteiger partial charge in [-0.05, 0) is 68.7 Å².